The monoisotopic (exact) mass is 539 g/mol. The molecule has 1 aromatic heterocycles. The van der Waals surface area contributed by atoms with Crippen LogP contribution in [0.4, 0.5) is 0 Å². The van der Waals surface area contributed by atoms with Crippen LogP contribution in [0.15, 0.2) is 17.5 Å². The maximum Gasteiger partial charge on any atom is 0.326 e. The molecule has 0 aliphatic rings. The van der Waals surface area contributed by atoms with Crippen molar-refractivity contribution >= 4 is 35.6 Å². The van der Waals surface area contributed by atoms with E-state index in [1.54, 1.807) is 13.8 Å². The van der Waals surface area contributed by atoms with Crippen LogP contribution in [0.5, 0.6) is 0 Å². The fourth-order valence-electron chi connectivity index (χ4n) is 3.36. The minimum absolute atomic E-state index is 0.0234. The molecule has 0 aliphatic carbocycles. The van der Waals surface area contributed by atoms with Crippen molar-refractivity contribution in [2.45, 2.75) is 70.1 Å². The van der Waals surface area contributed by atoms with Crippen molar-refractivity contribution in [3.8, 4) is 0 Å². The highest BCUT2D eigenvalue weighted by Crippen LogP contribution is 2.10. The molecule has 5 unspecified atom stereocenters. The number of H-pyrrole nitrogens is 1. The lowest BCUT2D eigenvalue weighted by Gasteiger charge is -2.27. The van der Waals surface area contributed by atoms with Gasteiger partial charge in [-0.1, -0.05) is 20.3 Å². The van der Waals surface area contributed by atoms with E-state index >= 15 is 0 Å². The van der Waals surface area contributed by atoms with Crippen LogP contribution >= 0.6 is 0 Å². The average Bonchev–Trinajstić information content (AvgIpc) is 3.35. The SMILES string of the molecule is CCC(C)C(NC(=O)C(N)CC(=O)O)C(=O)NC(Cc1cnc[nH]1)C(=O)NC(CCCN=C(N)N)C(=O)O. The molecule has 5 atom stereocenters. The maximum absolute atomic E-state index is 13.2. The number of hydrogen-bond donors (Lipinski definition) is 9. The van der Waals surface area contributed by atoms with Crippen LogP contribution in [-0.2, 0) is 30.4 Å². The largest absolute Gasteiger partial charge is 0.481 e. The number of nitrogens with two attached hydrogens (primary N) is 3. The number of hydrogen-bond acceptors (Lipinski definition) is 8. The molecule has 16 nitrogen and oxygen atoms in total. The zero-order valence-electron chi connectivity index (χ0n) is 21.3. The summed E-state index contributed by atoms with van der Waals surface area (Å²) in [7, 11) is 0. The molecule has 212 valence electrons. The molecule has 1 rings (SSSR count). The predicted molar refractivity (Wildman–Crippen MR) is 135 cm³/mol. The summed E-state index contributed by atoms with van der Waals surface area (Å²) in [6, 6.07) is -5.04. The molecule has 38 heavy (non-hydrogen) atoms. The topological polar surface area (TPSA) is 281 Å². The number of carboxylic acids is 2. The first-order chi connectivity index (χ1) is 17.8. The van der Waals surface area contributed by atoms with Crippen LogP contribution in [0.2, 0.25) is 0 Å². The van der Waals surface area contributed by atoms with Gasteiger partial charge in [-0.15, -0.1) is 0 Å². The quantitative estimate of drug-likeness (QED) is 0.0561. The minimum atomic E-state index is -1.38. The van der Waals surface area contributed by atoms with Crippen LogP contribution in [0.1, 0.15) is 45.2 Å². The number of aromatic nitrogens is 2. The molecule has 1 aromatic rings. The number of nitrogens with zero attached hydrogens (tertiary/aromatic N) is 2. The Morgan fingerprint density at radius 2 is 1.71 bits per heavy atom. The maximum atomic E-state index is 13.2. The van der Waals surface area contributed by atoms with Crippen molar-refractivity contribution in [1.82, 2.24) is 25.9 Å². The number of aliphatic carboxylic acids is 2. The van der Waals surface area contributed by atoms with E-state index in [0.717, 1.165) is 0 Å². The highest BCUT2D eigenvalue weighted by Gasteiger charge is 2.33. The number of carboxylic acid groups (broad SMARTS) is 2. The molecule has 0 radical (unpaired) electrons. The van der Waals surface area contributed by atoms with E-state index in [2.05, 4.69) is 30.9 Å². The minimum Gasteiger partial charge on any atom is -0.481 e. The third-order valence-corrected chi connectivity index (χ3v) is 5.70. The van der Waals surface area contributed by atoms with Gasteiger partial charge >= 0.3 is 11.9 Å². The van der Waals surface area contributed by atoms with Gasteiger partial charge in [0.1, 0.15) is 18.1 Å². The zero-order valence-corrected chi connectivity index (χ0v) is 21.3. The fraction of sp³-hybridized carbons (Fsp3) is 0.591. The second-order valence-electron chi connectivity index (χ2n) is 8.77. The number of guanidine groups is 1. The van der Waals surface area contributed by atoms with Crippen molar-refractivity contribution in [1.29, 1.82) is 0 Å². The molecule has 0 spiro atoms. The summed E-state index contributed by atoms with van der Waals surface area (Å²) in [5.41, 5.74) is 16.6. The van der Waals surface area contributed by atoms with Gasteiger partial charge in [-0.25, -0.2) is 9.78 Å². The molecule has 0 aromatic carbocycles. The van der Waals surface area contributed by atoms with Gasteiger partial charge in [0.15, 0.2) is 5.96 Å². The van der Waals surface area contributed by atoms with E-state index in [9.17, 15) is 29.1 Å². The van der Waals surface area contributed by atoms with Gasteiger partial charge in [-0.3, -0.25) is 24.2 Å². The second-order valence-corrected chi connectivity index (χ2v) is 8.77. The molecule has 0 fully saturated rings. The summed E-state index contributed by atoms with van der Waals surface area (Å²) < 4.78 is 0. The van der Waals surface area contributed by atoms with Crippen molar-refractivity contribution in [3.05, 3.63) is 18.2 Å². The van der Waals surface area contributed by atoms with E-state index in [-0.39, 0.29) is 31.8 Å². The molecular weight excluding hydrogens is 502 g/mol. The van der Waals surface area contributed by atoms with Crippen LogP contribution in [0.3, 0.4) is 0 Å². The van der Waals surface area contributed by atoms with Gasteiger partial charge in [-0.2, -0.15) is 0 Å². The molecule has 1 heterocycles. The Balaban J connectivity index is 3.06. The van der Waals surface area contributed by atoms with Crippen molar-refractivity contribution in [2.75, 3.05) is 6.54 Å². The Morgan fingerprint density at radius 1 is 1.05 bits per heavy atom. The Bertz CT molecular complexity index is 980. The number of nitrogens with one attached hydrogen (secondary N) is 4. The van der Waals surface area contributed by atoms with Crippen LogP contribution in [-0.4, -0.2) is 86.5 Å². The van der Waals surface area contributed by atoms with Crippen LogP contribution < -0.4 is 33.2 Å². The fourth-order valence-corrected chi connectivity index (χ4v) is 3.36. The molecule has 12 N–H and O–H groups in total. The standard InChI is InChI=1S/C22H37N9O7/c1-3-11(2)17(31-18(34)13(23)8-16(32)33)20(36)30-15(7-12-9-26-10-28-12)19(35)29-14(21(37)38)5-4-6-27-22(24)25/h9-11,13-15,17H,3-8,23H2,1-2H3,(H,26,28)(H,29,35)(H,30,36)(H,31,34)(H,32,33)(H,37,38)(H4,24,25,27). The van der Waals surface area contributed by atoms with Crippen LogP contribution in [0, 0.1) is 5.92 Å². The first kappa shape index (κ1) is 31.8. The van der Waals surface area contributed by atoms with Gasteiger partial charge in [0.05, 0.1) is 18.8 Å². The average molecular weight is 540 g/mol. The first-order valence-corrected chi connectivity index (χ1v) is 12.0. The van der Waals surface area contributed by atoms with Crippen molar-refractivity contribution < 1.29 is 34.2 Å². The number of amides is 3. The van der Waals surface area contributed by atoms with E-state index in [0.29, 0.717) is 12.1 Å². The predicted octanol–water partition coefficient (Wildman–Crippen LogP) is -2.61. The van der Waals surface area contributed by atoms with E-state index in [4.69, 9.17) is 22.3 Å². The number of aromatic amines is 1. The van der Waals surface area contributed by atoms with Crippen molar-refractivity contribution in [2.24, 2.45) is 28.1 Å². The van der Waals surface area contributed by atoms with E-state index < -0.39 is 66.2 Å². The summed E-state index contributed by atoms with van der Waals surface area (Å²) in [6.07, 6.45) is 2.88. The van der Waals surface area contributed by atoms with Crippen LogP contribution in [0.25, 0.3) is 0 Å². The second kappa shape index (κ2) is 15.8. The normalized spacial score (nSPS) is 14.7. The molecule has 16 heteroatoms. The Morgan fingerprint density at radius 3 is 2.24 bits per heavy atom. The van der Waals surface area contributed by atoms with Gasteiger partial charge in [0, 0.05) is 24.9 Å². The number of rotatable bonds is 17. The number of carbonyl (C=O) groups is 5. The van der Waals surface area contributed by atoms with Gasteiger partial charge < -0.3 is 48.3 Å². The highest BCUT2D eigenvalue weighted by atomic mass is 16.4. The number of imidazole rings is 1. The number of aliphatic imine (C=N–C) groups is 1. The Hall–Kier alpha value is -4.21. The van der Waals surface area contributed by atoms with Gasteiger partial charge in [-0.05, 0) is 18.8 Å². The molecular formula is C22H37N9O7. The summed E-state index contributed by atoms with van der Waals surface area (Å²) in [4.78, 5) is 71.8. The summed E-state index contributed by atoms with van der Waals surface area (Å²) in [6.45, 7) is 3.63. The first-order valence-electron chi connectivity index (χ1n) is 12.0. The van der Waals surface area contributed by atoms with E-state index in [1.165, 1.54) is 12.5 Å². The van der Waals surface area contributed by atoms with Crippen molar-refractivity contribution in [3.63, 3.8) is 0 Å². The summed E-state index contributed by atoms with van der Waals surface area (Å²) in [5, 5.41) is 25.9. The van der Waals surface area contributed by atoms with Gasteiger partial charge in [0.2, 0.25) is 17.7 Å². The van der Waals surface area contributed by atoms with Gasteiger partial charge in [0.25, 0.3) is 0 Å². The smallest absolute Gasteiger partial charge is 0.326 e. The lowest BCUT2D eigenvalue weighted by atomic mass is 9.97. The number of carbonyl (C=O) groups excluding carboxylic acids is 3. The lowest BCUT2D eigenvalue weighted by Crippen LogP contribution is -2.59. The molecule has 0 saturated heterocycles. The summed E-state index contributed by atoms with van der Waals surface area (Å²) >= 11 is 0. The third-order valence-electron chi connectivity index (χ3n) is 5.70. The zero-order chi connectivity index (χ0) is 28.8. The third kappa shape index (κ3) is 11.2. The molecule has 0 bridgehead atoms. The summed E-state index contributed by atoms with van der Waals surface area (Å²) in [5.74, 6) is -5.46. The van der Waals surface area contributed by atoms with E-state index in [1.807, 2.05) is 0 Å². The Kier molecular flexibility index (Phi) is 13.2. The molecule has 3 amide bonds. The molecule has 0 aliphatic heterocycles. The lowest BCUT2D eigenvalue weighted by molar-refractivity contribution is -0.142. The Labute approximate surface area is 219 Å². The molecule has 0 saturated carbocycles. The highest BCUT2D eigenvalue weighted by molar-refractivity contribution is 5.95.